The van der Waals surface area contributed by atoms with Crippen LogP contribution in [0.2, 0.25) is 0 Å². The summed E-state index contributed by atoms with van der Waals surface area (Å²) in [6.45, 7) is 0. The zero-order chi connectivity index (χ0) is 14.5. The second-order valence-electron chi connectivity index (χ2n) is 4.08. The van der Waals surface area contributed by atoms with Crippen LogP contribution < -0.4 is 4.74 Å². The van der Waals surface area contributed by atoms with Gasteiger partial charge in [-0.25, -0.2) is 4.79 Å². The van der Waals surface area contributed by atoms with E-state index >= 15 is 0 Å². The van der Waals surface area contributed by atoms with Gasteiger partial charge in [0, 0.05) is 4.47 Å². The van der Waals surface area contributed by atoms with Crippen LogP contribution >= 0.6 is 15.9 Å². The highest BCUT2D eigenvalue weighted by Crippen LogP contribution is 2.23. The molecule has 4 nitrogen and oxygen atoms in total. The zero-order valence-electron chi connectivity index (χ0n) is 10.4. The summed E-state index contributed by atoms with van der Waals surface area (Å²) in [6.07, 6.45) is 0.0932. The van der Waals surface area contributed by atoms with Crippen LogP contribution in [-0.2, 0) is 11.2 Å². The van der Waals surface area contributed by atoms with Crippen molar-refractivity contribution in [1.29, 1.82) is 0 Å². The Labute approximate surface area is 124 Å². The summed E-state index contributed by atoms with van der Waals surface area (Å²) in [6, 6.07) is 13.6. The smallest absolute Gasteiger partial charge is 0.339 e. The van der Waals surface area contributed by atoms with Crippen molar-refractivity contribution in [3.8, 4) is 5.75 Å². The highest BCUT2D eigenvalue weighted by molar-refractivity contribution is 9.10. The molecular formula is C15H11BrO4. The number of hydrogen-bond acceptors (Lipinski definition) is 3. The lowest BCUT2D eigenvalue weighted by Crippen LogP contribution is -2.13. The van der Waals surface area contributed by atoms with E-state index in [2.05, 4.69) is 15.9 Å². The molecule has 0 radical (unpaired) electrons. The third-order valence-corrected chi connectivity index (χ3v) is 3.08. The molecule has 0 fully saturated rings. The van der Waals surface area contributed by atoms with Gasteiger partial charge in [0.2, 0.25) is 0 Å². The van der Waals surface area contributed by atoms with Gasteiger partial charge in [0.25, 0.3) is 0 Å². The van der Waals surface area contributed by atoms with Gasteiger partial charge in [0.1, 0.15) is 11.3 Å². The topological polar surface area (TPSA) is 63.6 Å². The number of aromatic carboxylic acids is 1. The summed E-state index contributed by atoms with van der Waals surface area (Å²) >= 11 is 3.18. The van der Waals surface area contributed by atoms with Crippen LogP contribution in [0.3, 0.4) is 0 Å². The first kappa shape index (κ1) is 14.3. The van der Waals surface area contributed by atoms with E-state index in [1.165, 1.54) is 12.1 Å². The number of halogens is 1. The molecule has 0 aliphatic rings. The van der Waals surface area contributed by atoms with Gasteiger partial charge in [-0.05, 0) is 23.8 Å². The SMILES string of the molecule is O=C(Cc1ccccc1)Oc1ccc(Br)cc1C(=O)O. The molecule has 0 saturated carbocycles. The van der Waals surface area contributed by atoms with E-state index in [1.54, 1.807) is 18.2 Å². The maximum atomic E-state index is 11.8. The zero-order valence-corrected chi connectivity index (χ0v) is 12.0. The van der Waals surface area contributed by atoms with Crippen LogP contribution in [0.5, 0.6) is 5.75 Å². The van der Waals surface area contributed by atoms with Crippen molar-refractivity contribution in [2.24, 2.45) is 0 Å². The van der Waals surface area contributed by atoms with Crippen LogP contribution in [0.4, 0.5) is 0 Å². The van der Waals surface area contributed by atoms with Gasteiger partial charge in [0.15, 0.2) is 0 Å². The van der Waals surface area contributed by atoms with Crippen LogP contribution in [-0.4, -0.2) is 17.0 Å². The molecule has 0 amide bonds. The fourth-order valence-electron chi connectivity index (χ4n) is 1.68. The number of rotatable bonds is 4. The number of hydrogen-bond donors (Lipinski definition) is 1. The Hall–Kier alpha value is -2.14. The minimum atomic E-state index is -1.14. The molecule has 20 heavy (non-hydrogen) atoms. The summed E-state index contributed by atoms with van der Waals surface area (Å²) in [5.41, 5.74) is 0.757. The van der Waals surface area contributed by atoms with Gasteiger partial charge < -0.3 is 9.84 Å². The first-order chi connectivity index (χ1) is 9.56. The predicted octanol–water partition coefficient (Wildman–Crippen LogP) is 3.30. The highest BCUT2D eigenvalue weighted by Gasteiger charge is 2.15. The average Bonchev–Trinajstić information content (AvgIpc) is 2.41. The maximum absolute atomic E-state index is 11.8. The molecule has 0 spiro atoms. The molecule has 102 valence electrons. The summed E-state index contributed by atoms with van der Waals surface area (Å²) < 4.78 is 5.73. The van der Waals surface area contributed by atoms with Gasteiger partial charge in [-0.2, -0.15) is 0 Å². The highest BCUT2D eigenvalue weighted by atomic mass is 79.9. The Morgan fingerprint density at radius 2 is 1.80 bits per heavy atom. The van der Waals surface area contributed by atoms with E-state index in [0.29, 0.717) is 4.47 Å². The van der Waals surface area contributed by atoms with E-state index in [1.807, 2.05) is 18.2 Å². The molecule has 5 heteroatoms. The minimum Gasteiger partial charge on any atom is -0.478 e. The van der Waals surface area contributed by atoms with Crippen molar-refractivity contribution in [1.82, 2.24) is 0 Å². The fourth-order valence-corrected chi connectivity index (χ4v) is 2.04. The number of benzene rings is 2. The molecule has 0 saturated heterocycles. The molecule has 0 aliphatic carbocycles. The monoisotopic (exact) mass is 334 g/mol. The molecule has 0 atom stereocenters. The van der Waals surface area contributed by atoms with E-state index in [9.17, 15) is 9.59 Å². The summed E-state index contributed by atoms with van der Waals surface area (Å²) in [5, 5.41) is 9.08. The first-order valence-electron chi connectivity index (χ1n) is 5.83. The Balaban J connectivity index is 2.14. The van der Waals surface area contributed by atoms with Crippen LogP contribution in [0.1, 0.15) is 15.9 Å². The van der Waals surface area contributed by atoms with Crippen molar-refractivity contribution in [3.05, 3.63) is 64.1 Å². The lowest BCUT2D eigenvalue weighted by atomic mass is 10.1. The van der Waals surface area contributed by atoms with E-state index in [0.717, 1.165) is 5.56 Å². The largest absolute Gasteiger partial charge is 0.478 e. The third kappa shape index (κ3) is 3.68. The number of carbonyl (C=O) groups excluding carboxylic acids is 1. The molecule has 0 heterocycles. The number of esters is 1. The maximum Gasteiger partial charge on any atom is 0.339 e. The van der Waals surface area contributed by atoms with Crippen LogP contribution in [0, 0.1) is 0 Å². The normalized spacial score (nSPS) is 10.1. The van der Waals surface area contributed by atoms with E-state index < -0.39 is 11.9 Å². The van der Waals surface area contributed by atoms with E-state index in [-0.39, 0.29) is 17.7 Å². The lowest BCUT2D eigenvalue weighted by Gasteiger charge is -2.08. The Bertz CT molecular complexity index is 638. The fraction of sp³-hybridized carbons (Fsp3) is 0.0667. The predicted molar refractivity (Wildman–Crippen MR) is 76.9 cm³/mol. The van der Waals surface area contributed by atoms with Gasteiger partial charge in [-0.3, -0.25) is 4.79 Å². The summed E-state index contributed by atoms with van der Waals surface area (Å²) in [7, 11) is 0. The van der Waals surface area contributed by atoms with Crippen LogP contribution in [0.25, 0.3) is 0 Å². The molecule has 0 bridgehead atoms. The Morgan fingerprint density at radius 3 is 2.45 bits per heavy atom. The Morgan fingerprint density at radius 1 is 1.10 bits per heavy atom. The molecular weight excluding hydrogens is 324 g/mol. The second-order valence-corrected chi connectivity index (χ2v) is 5.00. The molecule has 0 aromatic heterocycles. The quantitative estimate of drug-likeness (QED) is 0.688. The minimum absolute atomic E-state index is 0.0432. The van der Waals surface area contributed by atoms with Crippen molar-refractivity contribution >= 4 is 27.9 Å². The number of carboxylic acids is 1. The molecule has 2 rings (SSSR count). The average molecular weight is 335 g/mol. The summed E-state index contributed by atoms with van der Waals surface area (Å²) in [5.74, 6) is -1.60. The first-order valence-corrected chi connectivity index (χ1v) is 6.63. The number of carbonyl (C=O) groups is 2. The van der Waals surface area contributed by atoms with Crippen molar-refractivity contribution in [2.75, 3.05) is 0 Å². The second kappa shape index (κ2) is 6.34. The summed E-state index contributed by atoms with van der Waals surface area (Å²) in [4.78, 5) is 22.9. The van der Waals surface area contributed by atoms with Gasteiger partial charge >= 0.3 is 11.9 Å². The van der Waals surface area contributed by atoms with Crippen molar-refractivity contribution < 1.29 is 19.4 Å². The van der Waals surface area contributed by atoms with Crippen molar-refractivity contribution in [2.45, 2.75) is 6.42 Å². The Kier molecular flexibility index (Phi) is 4.53. The standard InChI is InChI=1S/C15H11BrO4/c16-11-6-7-13(12(9-11)15(18)19)20-14(17)8-10-4-2-1-3-5-10/h1-7,9H,8H2,(H,18,19). The van der Waals surface area contributed by atoms with Crippen LogP contribution in [0.15, 0.2) is 53.0 Å². The lowest BCUT2D eigenvalue weighted by molar-refractivity contribution is -0.133. The molecule has 0 unspecified atom stereocenters. The van der Waals surface area contributed by atoms with E-state index in [4.69, 9.17) is 9.84 Å². The molecule has 2 aromatic rings. The third-order valence-electron chi connectivity index (χ3n) is 2.59. The molecule has 2 aromatic carbocycles. The van der Waals surface area contributed by atoms with Gasteiger partial charge in [0.05, 0.1) is 6.42 Å². The van der Waals surface area contributed by atoms with Gasteiger partial charge in [-0.15, -0.1) is 0 Å². The number of ether oxygens (including phenoxy) is 1. The number of carboxylic acid groups (broad SMARTS) is 1. The molecule has 0 aliphatic heterocycles. The molecule has 1 N–H and O–H groups in total. The van der Waals surface area contributed by atoms with Crippen molar-refractivity contribution in [3.63, 3.8) is 0 Å². The van der Waals surface area contributed by atoms with Gasteiger partial charge in [-0.1, -0.05) is 46.3 Å².